The maximum Gasteiger partial charge on any atom is 0.338 e. The van der Waals surface area contributed by atoms with Crippen LogP contribution in [0.2, 0.25) is 0 Å². The van der Waals surface area contributed by atoms with E-state index in [4.69, 9.17) is 15.3 Å². The molecule has 0 unspecified atom stereocenters. The van der Waals surface area contributed by atoms with E-state index in [1.165, 1.54) is 12.3 Å². The van der Waals surface area contributed by atoms with Gasteiger partial charge in [0.15, 0.2) is 0 Å². The average Bonchev–Trinajstić information content (AvgIpc) is 2.16. The molecule has 0 amide bonds. The highest BCUT2D eigenvalue weighted by Crippen LogP contribution is 2.12. The van der Waals surface area contributed by atoms with Gasteiger partial charge in [-0.1, -0.05) is 0 Å². The van der Waals surface area contributed by atoms with Crippen LogP contribution in [0.15, 0.2) is 12.3 Å². The Labute approximate surface area is 74.3 Å². The first-order valence-corrected chi connectivity index (χ1v) is 3.62. The summed E-state index contributed by atoms with van der Waals surface area (Å²) in [6.45, 7) is -0.827. The molecule has 0 aliphatic heterocycles. The first-order valence-electron chi connectivity index (χ1n) is 3.62. The Kier molecular flexibility index (Phi) is 2.94. The molecule has 0 aliphatic rings. The maximum absolute atomic E-state index is 10.7. The van der Waals surface area contributed by atoms with E-state index in [1.54, 1.807) is 0 Å². The first kappa shape index (κ1) is 9.63. The zero-order chi connectivity index (χ0) is 9.84. The van der Waals surface area contributed by atoms with Gasteiger partial charge < -0.3 is 15.3 Å². The third kappa shape index (κ3) is 1.82. The van der Waals surface area contributed by atoms with Crippen molar-refractivity contribution in [1.82, 2.24) is 4.98 Å². The summed E-state index contributed by atoms with van der Waals surface area (Å²) in [5, 5.41) is 26.3. The Morgan fingerprint density at radius 1 is 1.38 bits per heavy atom. The van der Waals surface area contributed by atoms with Crippen molar-refractivity contribution < 1.29 is 20.1 Å². The number of carbonyl (C=O) groups is 1. The Morgan fingerprint density at radius 2 is 2.08 bits per heavy atom. The van der Waals surface area contributed by atoms with Crippen LogP contribution in [0.5, 0.6) is 0 Å². The molecular weight excluding hydrogens is 174 g/mol. The molecule has 5 heteroatoms. The monoisotopic (exact) mass is 183 g/mol. The molecule has 0 bridgehead atoms. The lowest BCUT2D eigenvalue weighted by Gasteiger charge is -2.05. The molecule has 1 heterocycles. The lowest BCUT2D eigenvalue weighted by atomic mass is 10.1. The Morgan fingerprint density at radius 3 is 2.54 bits per heavy atom. The molecule has 0 radical (unpaired) electrons. The van der Waals surface area contributed by atoms with E-state index >= 15 is 0 Å². The van der Waals surface area contributed by atoms with Crippen LogP contribution in [0.25, 0.3) is 0 Å². The van der Waals surface area contributed by atoms with Crippen LogP contribution in [0.1, 0.15) is 21.6 Å². The summed E-state index contributed by atoms with van der Waals surface area (Å²) >= 11 is 0. The molecular formula is C8H9NO4. The number of carboxylic acid groups (broad SMARTS) is 1. The number of carboxylic acids is 1. The van der Waals surface area contributed by atoms with Crippen molar-refractivity contribution in [2.45, 2.75) is 13.2 Å². The number of aromatic carboxylic acids is 1. The molecule has 0 fully saturated rings. The normalized spacial score (nSPS) is 10.0. The number of aliphatic hydroxyl groups is 2. The van der Waals surface area contributed by atoms with Crippen LogP contribution in [-0.2, 0) is 13.2 Å². The topological polar surface area (TPSA) is 90.7 Å². The second-order valence-electron chi connectivity index (χ2n) is 2.41. The standard InChI is InChI=1S/C8H9NO4/c10-3-5-1-2-9-6(4-11)7(5)8(12)13/h1-2,10-11H,3-4H2,(H,12,13). The fourth-order valence-electron chi connectivity index (χ4n) is 1.06. The molecule has 0 spiro atoms. The van der Waals surface area contributed by atoms with E-state index < -0.39 is 12.6 Å². The summed E-state index contributed by atoms with van der Waals surface area (Å²) in [5.41, 5.74) is 0.207. The molecule has 0 aromatic carbocycles. The molecule has 1 aromatic rings. The number of nitrogens with zero attached hydrogens (tertiary/aromatic N) is 1. The van der Waals surface area contributed by atoms with Crippen molar-refractivity contribution in [2.75, 3.05) is 0 Å². The minimum atomic E-state index is -1.19. The van der Waals surface area contributed by atoms with Crippen molar-refractivity contribution in [3.63, 3.8) is 0 Å². The predicted molar refractivity (Wildman–Crippen MR) is 43.0 cm³/mol. The summed E-state index contributed by atoms with van der Waals surface area (Å²) in [4.78, 5) is 14.4. The molecule has 0 atom stereocenters. The number of aliphatic hydroxyl groups excluding tert-OH is 2. The lowest BCUT2D eigenvalue weighted by molar-refractivity contribution is 0.0688. The fraction of sp³-hybridized carbons (Fsp3) is 0.250. The average molecular weight is 183 g/mol. The van der Waals surface area contributed by atoms with Gasteiger partial charge >= 0.3 is 5.97 Å². The highest BCUT2D eigenvalue weighted by molar-refractivity contribution is 5.90. The number of hydrogen-bond acceptors (Lipinski definition) is 4. The molecule has 13 heavy (non-hydrogen) atoms. The van der Waals surface area contributed by atoms with Gasteiger partial charge in [-0.25, -0.2) is 4.79 Å². The van der Waals surface area contributed by atoms with Gasteiger partial charge in [0.2, 0.25) is 0 Å². The fourth-order valence-corrected chi connectivity index (χ4v) is 1.06. The van der Waals surface area contributed by atoms with Gasteiger partial charge in [0.25, 0.3) is 0 Å². The van der Waals surface area contributed by atoms with Crippen LogP contribution in [0.4, 0.5) is 0 Å². The molecule has 0 aliphatic carbocycles. The van der Waals surface area contributed by atoms with E-state index in [0.29, 0.717) is 0 Å². The van der Waals surface area contributed by atoms with E-state index in [9.17, 15) is 4.79 Å². The zero-order valence-corrected chi connectivity index (χ0v) is 6.77. The van der Waals surface area contributed by atoms with Crippen molar-refractivity contribution in [1.29, 1.82) is 0 Å². The van der Waals surface area contributed by atoms with E-state index in [0.717, 1.165) is 0 Å². The summed E-state index contributed by atoms with van der Waals surface area (Å²) in [6.07, 6.45) is 1.35. The Bertz CT molecular complexity index is 302. The van der Waals surface area contributed by atoms with Crippen molar-refractivity contribution >= 4 is 5.97 Å². The molecule has 70 valence electrons. The van der Waals surface area contributed by atoms with Crippen LogP contribution in [0, 0.1) is 0 Å². The van der Waals surface area contributed by atoms with Gasteiger partial charge in [-0.2, -0.15) is 0 Å². The summed E-state index contributed by atoms with van der Waals surface area (Å²) in [7, 11) is 0. The smallest absolute Gasteiger partial charge is 0.338 e. The number of aromatic nitrogens is 1. The molecule has 1 rings (SSSR count). The van der Waals surface area contributed by atoms with Gasteiger partial charge in [-0.05, 0) is 11.6 Å². The second kappa shape index (κ2) is 3.97. The third-order valence-electron chi connectivity index (χ3n) is 1.65. The number of hydrogen-bond donors (Lipinski definition) is 3. The van der Waals surface area contributed by atoms with E-state index in [1.807, 2.05) is 0 Å². The largest absolute Gasteiger partial charge is 0.478 e. The molecule has 1 aromatic heterocycles. The summed E-state index contributed by atoms with van der Waals surface area (Å²) < 4.78 is 0. The first-order chi connectivity index (χ1) is 6.20. The van der Waals surface area contributed by atoms with Crippen molar-refractivity contribution in [2.24, 2.45) is 0 Å². The van der Waals surface area contributed by atoms with Gasteiger partial charge in [0, 0.05) is 6.20 Å². The highest BCUT2D eigenvalue weighted by atomic mass is 16.4. The van der Waals surface area contributed by atoms with Crippen LogP contribution in [0.3, 0.4) is 0 Å². The minimum absolute atomic E-state index is 0.0686. The summed E-state index contributed by atoms with van der Waals surface area (Å²) in [6, 6.07) is 1.41. The van der Waals surface area contributed by atoms with Crippen molar-refractivity contribution in [3.8, 4) is 0 Å². The van der Waals surface area contributed by atoms with Crippen LogP contribution >= 0.6 is 0 Å². The minimum Gasteiger partial charge on any atom is -0.478 e. The Hall–Kier alpha value is -1.46. The Balaban J connectivity index is 3.29. The third-order valence-corrected chi connectivity index (χ3v) is 1.65. The zero-order valence-electron chi connectivity index (χ0n) is 6.77. The maximum atomic E-state index is 10.7. The van der Waals surface area contributed by atoms with E-state index in [-0.39, 0.29) is 23.4 Å². The van der Waals surface area contributed by atoms with Crippen LogP contribution in [-0.4, -0.2) is 26.3 Å². The number of pyridine rings is 1. The van der Waals surface area contributed by atoms with E-state index in [2.05, 4.69) is 4.98 Å². The molecule has 0 saturated carbocycles. The molecule has 5 nitrogen and oxygen atoms in total. The van der Waals surface area contributed by atoms with Gasteiger partial charge in [-0.15, -0.1) is 0 Å². The molecule has 3 N–H and O–H groups in total. The van der Waals surface area contributed by atoms with Crippen LogP contribution < -0.4 is 0 Å². The highest BCUT2D eigenvalue weighted by Gasteiger charge is 2.14. The number of rotatable bonds is 3. The predicted octanol–water partition coefficient (Wildman–Crippen LogP) is -0.236. The SMILES string of the molecule is O=C(O)c1c(CO)ccnc1CO. The molecule has 0 saturated heterocycles. The van der Waals surface area contributed by atoms with Crippen molar-refractivity contribution in [3.05, 3.63) is 29.1 Å². The van der Waals surface area contributed by atoms with Gasteiger partial charge in [0.1, 0.15) is 0 Å². The van der Waals surface area contributed by atoms with Gasteiger partial charge in [0.05, 0.1) is 24.5 Å². The summed E-state index contributed by atoms with van der Waals surface area (Å²) in [5.74, 6) is -1.19. The lowest BCUT2D eigenvalue weighted by Crippen LogP contribution is -2.09. The van der Waals surface area contributed by atoms with Gasteiger partial charge in [-0.3, -0.25) is 4.98 Å². The quantitative estimate of drug-likeness (QED) is 0.601. The second-order valence-corrected chi connectivity index (χ2v) is 2.41.